The van der Waals surface area contributed by atoms with Crippen LogP contribution in [0.15, 0.2) is 12.7 Å². The fraction of sp³-hybridized carbons (Fsp3) is 0.800. The molecule has 0 aromatic carbocycles. The van der Waals surface area contributed by atoms with E-state index >= 15 is 0 Å². The highest BCUT2D eigenvalue weighted by Gasteiger charge is 2.25. The number of allylic oxidation sites excluding steroid dienone is 1. The lowest BCUT2D eigenvalue weighted by Crippen LogP contribution is -2.40. The number of hydrogen-bond acceptors (Lipinski definition) is 4. The van der Waals surface area contributed by atoms with E-state index in [0.29, 0.717) is 10.8 Å². The molecule has 5 heteroatoms. The quantitative estimate of drug-likeness (QED) is 0.288. The average molecular weight is 330 g/mol. The molecule has 2 N–H and O–H groups in total. The third-order valence-electron chi connectivity index (χ3n) is 1.99. The molecular weight excluding hydrogens is 311 g/mol. The van der Waals surface area contributed by atoms with E-state index in [-0.39, 0.29) is 6.79 Å². The Labute approximate surface area is 104 Å². The lowest BCUT2D eigenvalue weighted by atomic mass is 10.0. The second-order valence-electron chi connectivity index (χ2n) is 3.19. The van der Waals surface area contributed by atoms with Gasteiger partial charge in [0.2, 0.25) is 0 Å². The van der Waals surface area contributed by atoms with E-state index < -0.39 is 18.3 Å². The number of alkyl halides is 1. The smallest absolute Gasteiger partial charge is 0.146 e. The Morgan fingerprint density at radius 3 is 2.60 bits per heavy atom. The SMILES string of the molecule is C=CCC[C@@H](OCOC)[C@H](O)[C@@H](O)CI. The minimum atomic E-state index is -0.878. The zero-order chi connectivity index (χ0) is 11.7. The Kier molecular flexibility index (Phi) is 9.73. The van der Waals surface area contributed by atoms with Gasteiger partial charge in [-0.05, 0) is 12.8 Å². The van der Waals surface area contributed by atoms with E-state index in [2.05, 4.69) is 6.58 Å². The fourth-order valence-corrected chi connectivity index (χ4v) is 1.65. The molecule has 0 aromatic rings. The lowest BCUT2D eigenvalue weighted by Gasteiger charge is -2.25. The van der Waals surface area contributed by atoms with Gasteiger partial charge in [-0.15, -0.1) is 6.58 Å². The van der Waals surface area contributed by atoms with Crippen LogP contribution in [0.5, 0.6) is 0 Å². The monoisotopic (exact) mass is 330 g/mol. The van der Waals surface area contributed by atoms with Crippen molar-refractivity contribution in [1.82, 2.24) is 0 Å². The summed E-state index contributed by atoms with van der Waals surface area (Å²) in [5, 5.41) is 19.3. The van der Waals surface area contributed by atoms with Crippen molar-refractivity contribution in [2.75, 3.05) is 18.3 Å². The molecule has 3 atom stereocenters. The molecule has 0 aromatic heterocycles. The van der Waals surface area contributed by atoms with Crippen LogP contribution in [0.3, 0.4) is 0 Å². The normalized spacial score (nSPS) is 17.1. The number of aliphatic hydroxyl groups excluding tert-OH is 2. The first-order chi connectivity index (χ1) is 7.17. The van der Waals surface area contributed by atoms with E-state index in [9.17, 15) is 10.2 Å². The molecule has 15 heavy (non-hydrogen) atoms. The highest BCUT2D eigenvalue weighted by molar-refractivity contribution is 14.1. The molecule has 90 valence electrons. The molecular formula is C10H19IO4. The van der Waals surface area contributed by atoms with E-state index in [0.717, 1.165) is 6.42 Å². The van der Waals surface area contributed by atoms with Gasteiger partial charge >= 0.3 is 0 Å². The van der Waals surface area contributed by atoms with E-state index in [1.807, 2.05) is 22.6 Å². The van der Waals surface area contributed by atoms with Gasteiger partial charge in [0.25, 0.3) is 0 Å². The summed E-state index contributed by atoms with van der Waals surface area (Å²) in [6.45, 7) is 3.72. The molecule has 0 aliphatic rings. The Hall–Kier alpha value is 0.310. The van der Waals surface area contributed by atoms with Crippen molar-refractivity contribution in [1.29, 1.82) is 0 Å². The maximum Gasteiger partial charge on any atom is 0.146 e. The van der Waals surface area contributed by atoms with Gasteiger partial charge < -0.3 is 19.7 Å². The summed E-state index contributed by atoms with van der Waals surface area (Å²) >= 11 is 2.02. The van der Waals surface area contributed by atoms with Crippen LogP contribution in [0.25, 0.3) is 0 Å². The number of hydrogen-bond donors (Lipinski definition) is 2. The van der Waals surface area contributed by atoms with Crippen LogP contribution in [0.2, 0.25) is 0 Å². The summed E-state index contributed by atoms with van der Waals surface area (Å²) in [6.07, 6.45) is 1.06. The van der Waals surface area contributed by atoms with Crippen LogP contribution >= 0.6 is 22.6 Å². The Bertz CT molecular complexity index is 166. The van der Waals surface area contributed by atoms with Gasteiger partial charge in [-0.25, -0.2) is 0 Å². The number of ether oxygens (including phenoxy) is 2. The molecule has 0 aliphatic heterocycles. The summed E-state index contributed by atoms with van der Waals surface area (Å²) in [4.78, 5) is 0. The van der Waals surface area contributed by atoms with Gasteiger partial charge in [0.1, 0.15) is 12.9 Å². The second-order valence-corrected chi connectivity index (χ2v) is 4.07. The molecule has 0 aliphatic carbocycles. The second kappa shape index (κ2) is 9.53. The predicted molar refractivity (Wildman–Crippen MR) is 67.1 cm³/mol. The van der Waals surface area contributed by atoms with Gasteiger partial charge in [-0.2, -0.15) is 0 Å². The molecule has 0 fully saturated rings. The molecule has 0 saturated heterocycles. The minimum absolute atomic E-state index is 0.118. The summed E-state index contributed by atoms with van der Waals surface area (Å²) in [6, 6.07) is 0. The molecule has 0 rings (SSSR count). The Morgan fingerprint density at radius 2 is 2.13 bits per heavy atom. The lowest BCUT2D eigenvalue weighted by molar-refractivity contribution is -0.135. The molecule has 0 unspecified atom stereocenters. The van der Waals surface area contributed by atoms with E-state index in [4.69, 9.17) is 9.47 Å². The Morgan fingerprint density at radius 1 is 1.47 bits per heavy atom. The summed E-state index contributed by atoms with van der Waals surface area (Å²) in [7, 11) is 1.52. The third-order valence-corrected chi connectivity index (χ3v) is 2.89. The van der Waals surface area contributed by atoms with Gasteiger partial charge in [0.15, 0.2) is 0 Å². The van der Waals surface area contributed by atoms with Crippen LogP contribution in [-0.4, -0.2) is 46.9 Å². The van der Waals surface area contributed by atoms with Crippen LogP contribution in [0.1, 0.15) is 12.8 Å². The Balaban J connectivity index is 4.12. The first-order valence-corrected chi connectivity index (χ1v) is 6.33. The molecule has 0 heterocycles. The van der Waals surface area contributed by atoms with Gasteiger partial charge in [0.05, 0.1) is 12.2 Å². The first kappa shape index (κ1) is 15.3. The molecule has 0 radical (unpaired) electrons. The highest BCUT2D eigenvalue weighted by atomic mass is 127. The molecule has 0 amide bonds. The van der Waals surface area contributed by atoms with Crippen molar-refractivity contribution < 1.29 is 19.7 Å². The van der Waals surface area contributed by atoms with Gasteiger partial charge in [-0.3, -0.25) is 0 Å². The maximum atomic E-state index is 9.76. The van der Waals surface area contributed by atoms with Crippen LogP contribution in [0.4, 0.5) is 0 Å². The fourth-order valence-electron chi connectivity index (χ4n) is 1.13. The summed E-state index contributed by atoms with van der Waals surface area (Å²) in [5.41, 5.74) is 0. The zero-order valence-corrected chi connectivity index (χ0v) is 11.1. The van der Waals surface area contributed by atoms with Crippen molar-refractivity contribution in [3.05, 3.63) is 12.7 Å². The van der Waals surface area contributed by atoms with E-state index in [1.165, 1.54) is 7.11 Å². The van der Waals surface area contributed by atoms with Gasteiger partial charge in [-0.1, -0.05) is 28.7 Å². The first-order valence-electron chi connectivity index (χ1n) is 4.80. The largest absolute Gasteiger partial charge is 0.390 e. The maximum absolute atomic E-state index is 9.76. The van der Waals surface area contributed by atoms with Crippen LogP contribution < -0.4 is 0 Å². The van der Waals surface area contributed by atoms with Crippen molar-refractivity contribution in [2.24, 2.45) is 0 Å². The standard InChI is InChI=1S/C10H19IO4/c1-3-4-5-9(15-7-14-2)10(13)8(12)6-11/h3,8-10,12-13H,1,4-7H2,2H3/t8-,9+,10+/m0/s1. The molecule has 0 spiro atoms. The molecule has 0 bridgehead atoms. The molecule has 4 nitrogen and oxygen atoms in total. The number of halogens is 1. The number of rotatable bonds is 9. The highest BCUT2D eigenvalue weighted by Crippen LogP contribution is 2.13. The van der Waals surface area contributed by atoms with Crippen LogP contribution in [-0.2, 0) is 9.47 Å². The minimum Gasteiger partial charge on any atom is -0.390 e. The topological polar surface area (TPSA) is 58.9 Å². The summed E-state index contributed by atoms with van der Waals surface area (Å²) < 4.78 is 10.5. The zero-order valence-electron chi connectivity index (χ0n) is 8.93. The van der Waals surface area contributed by atoms with E-state index in [1.54, 1.807) is 6.08 Å². The van der Waals surface area contributed by atoms with Gasteiger partial charge in [0, 0.05) is 11.5 Å². The number of aliphatic hydroxyl groups is 2. The van der Waals surface area contributed by atoms with Crippen molar-refractivity contribution in [3.8, 4) is 0 Å². The molecule has 0 saturated carbocycles. The van der Waals surface area contributed by atoms with Crippen LogP contribution in [0, 0.1) is 0 Å². The number of methoxy groups -OCH3 is 1. The third kappa shape index (κ3) is 6.47. The predicted octanol–water partition coefficient (Wildman–Crippen LogP) is 1.10. The average Bonchev–Trinajstić information content (AvgIpc) is 2.27. The summed E-state index contributed by atoms with van der Waals surface area (Å²) in [5.74, 6) is 0. The van der Waals surface area contributed by atoms with Crippen molar-refractivity contribution in [2.45, 2.75) is 31.2 Å². The van der Waals surface area contributed by atoms with Crippen molar-refractivity contribution in [3.63, 3.8) is 0 Å². The van der Waals surface area contributed by atoms with Crippen molar-refractivity contribution >= 4 is 22.6 Å².